The minimum Gasteiger partial charge on any atom is -0.444 e. The molecule has 1 aromatic carbocycles. The molecule has 0 spiro atoms. The van der Waals surface area contributed by atoms with Crippen molar-refractivity contribution in [3.8, 4) is 0 Å². The lowest BCUT2D eigenvalue weighted by molar-refractivity contribution is 0.0523. The molecule has 0 aliphatic heterocycles. The summed E-state index contributed by atoms with van der Waals surface area (Å²) in [5.74, 6) is -0.332. The third-order valence-corrected chi connectivity index (χ3v) is 2.50. The summed E-state index contributed by atoms with van der Waals surface area (Å²) in [6.45, 7) is 5.45. The largest absolute Gasteiger partial charge is 0.444 e. The molecule has 0 aromatic heterocycles. The Morgan fingerprint density at radius 1 is 1.47 bits per heavy atom. The number of carbonyl (C=O) groups is 1. The van der Waals surface area contributed by atoms with Crippen LogP contribution in [0.5, 0.6) is 0 Å². The third kappa shape index (κ3) is 5.34. The fraction of sp³-hybridized carbons (Fsp3) is 0.417. The van der Waals surface area contributed by atoms with E-state index in [2.05, 4.69) is 27.9 Å². The van der Waals surface area contributed by atoms with Crippen LogP contribution in [0.4, 0.5) is 9.18 Å². The van der Waals surface area contributed by atoms with E-state index in [4.69, 9.17) is 4.74 Å². The van der Waals surface area contributed by atoms with Gasteiger partial charge in [0, 0.05) is 15.7 Å². The van der Waals surface area contributed by atoms with Crippen molar-refractivity contribution >= 4 is 28.7 Å². The fourth-order valence-corrected chi connectivity index (χ4v) is 1.72. The number of ether oxygens (including phenoxy) is 1. The van der Waals surface area contributed by atoms with Gasteiger partial charge >= 0.3 is 6.09 Å². The molecule has 0 bridgehead atoms. The smallest absolute Gasteiger partial charge is 0.407 e. The van der Waals surface area contributed by atoms with Gasteiger partial charge in [0.1, 0.15) is 11.4 Å². The molecule has 0 aliphatic rings. The van der Waals surface area contributed by atoms with Gasteiger partial charge in [-0.1, -0.05) is 0 Å². The highest BCUT2D eigenvalue weighted by atomic mass is 127. The first-order valence-corrected chi connectivity index (χ1v) is 6.26. The Bertz CT molecular complexity index is 415. The number of hydrogen-bond acceptors (Lipinski definition) is 2. The lowest BCUT2D eigenvalue weighted by Gasteiger charge is -2.19. The first kappa shape index (κ1) is 14.2. The maximum atomic E-state index is 13.4. The Morgan fingerprint density at radius 3 is 2.71 bits per heavy atom. The highest BCUT2D eigenvalue weighted by Gasteiger charge is 2.16. The first-order valence-electron chi connectivity index (χ1n) is 5.19. The molecule has 0 saturated heterocycles. The number of hydrogen-bond donors (Lipinski definition) is 1. The summed E-state index contributed by atoms with van der Waals surface area (Å²) in [4.78, 5) is 11.4. The molecule has 17 heavy (non-hydrogen) atoms. The van der Waals surface area contributed by atoms with Crippen LogP contribution >= 0.6 is 22.6 Å². The van der Waals surface area contributed by atoms with E-state index in [1.54, 1.807) is 32.9 Å². The minimum absolute atomic E-state index is 0.123. The van der Waals surface area contributed by atoms with Gasteiger partial charge in [0.25, 0.3) is 0 Å². The summed E-state index contributed by atoms with van der Waals surface area (Å²) < 4.78 is 19.3. The Hall–Kier alpha value is -0.850. The van der Waals surface area contributed by atoms with E-state index in [-0.39, 0.29) is 12.4 Å². The second kappa shape index (κ2) is 5.66. The zero-order chi connectivity index (χ0) is 13.1. The van der Waals surface area contributed by atoms with Crippen molar-refractivity contribution in [2.24, 2.45) is 0 Å². The summed E-state index contributed by atoms with van der Waals surface area (Å²) in [7, 11) is 0. The summed E-state index contributed by atoms with van der Waals surface area (Å²) in [5, 5.41) is 2.52. The summed E-state index contributed by atoms with van der Waals surface area (Å²) in [6, 6.07) is 4.74. The molecular formula is C12H15FINO2. The van der Waals surface area contributed by atoms with Crippen LogP contribution in [-0.4, -0.2) is 11.7 Å². The predicted octanol–water partition coefficient (Wildman–Crippen LogP) is 3.46. The van der Waals surface area contributed by atoms with E-state index in [0.29, 0.717) is 5.56 Å². The van der Waals surface area contributed by atoms with Crippen LogP contribution in [0, 0.1) is 9.39 Å². The standard InChI is InChI=1S/C12H15FINO2/c1-12(2,3)17-11(16)15-7-8-6-9(14)4-5-10(8)13/h4-6H,7H2,1-3H3,(H,15,16). The average molecular weight is 351 g/mol. The van der Waals surface area contributed by atoms with Gasteiger partial charge in [-0.2, -0.15) is 0 Å². The van der Waals surface area contributed by atoms with Crippen molar-refractivity contribution in [1.29, 1.82) is 0 Å². The van der Waals surface area contributed by atoms with Crippen molar-refractivity contribution in [3.05, 3.63) is 33.1 Å². The van der Waals surface area contributed by atoms with Gasteiger partial charge in [-0.05, 0) is 61.6 Å². The Balaban J connectivity index is 2.56. The molecule has 1 amide bonds. The zero-order valence-electron chi connectivity index (χ0n) is 10.0. The molecule has 94 valence electrons. The van der Waals surface area contributed by atoms with Crippen LogP contribution in [0.2, 0.25) is 0 Å². The Morgan fingerprint density at radius 2 is 2.12 bits per heavy atom. The van der Waals surface area contributed by atoms with Crippen LogP contribution in [0.3, 0.4) is 0 Å². The van der Waals surface area contributed by atoms with E-state index in [1.807, 2.05) is 0 Å². The van der Waals surface area contributed by atoms with Gasteiger partial charge in [0.05, 0.1) is 0 Å². The molecule has 0 fully saturated rings. The molecule has 1 aromatic rings. The molecule has 0 radical (unpaired) electrons. The van der Waals surface area contributed by atoms with Crippen LogP contribution in [-0.2, 0) is 11.3 Å². The topological polar surface area (TPSA) is 38.3 Å². The van der Waals surface area contributed by atoms with E-state index in [1.165, 1.54) is 6.07 Å². The summed E-state index contributed by atoms with van der Waals surface area (Å²) in [5.41, 5.74) is -0.101. The number of benzene rings is 1. The Kier molecular flexibility index (Phi) is 4.73. The summed E-state index contributed by atoms with van der Waals surface area (Å²) in [6.07, 6.45) is -0.546. The molecule has 0 saturated carbocycles. The van der Waals surface area contributed by atoms with Crippen molar-refractivity contribution in [2.75, 3.05) is 0 Å². The average Bonchev–Trinajstić information content (AvgIpc) is 2.17. The third-order valence-electron chi connectivity index (χ3n) is 1.83. The molecule has 0 aliphatic carbocycles. The molecule has 0 heterocycles. The number of amides is 1. The summed E-state index contributed by atoms with van der Waals surface area (Å²) >= 11 is 2.09. The minimum atomic E-state index is -0.548. The Labute approximate surface area is 114 Å². The number of nitrogens with one attached hydrogen (secondary N) is 1. The quantitative estimate of drug-likeness (QED) is 0.829. The highest BCUT2D eigenvalue weighted by molar-refractivity contribution is 14.1. The lowest BCUT2D eigenvalue weighted by atomic mass is 10.2. The maximum absolute atomic E-state index is 13.4. The van der Waals surface area contributed by atoms with E-state index in [9.17, 15) is 9.18 Å². The second-order valence-corrected chi connectivity index (χ2v) is 5.84. The SMILES string of the molecule is CC(C)(C)OC(=O)NCc1cc(I)ccc1F. The molecule has 1 rings (SSSR count). The van der Waals surface area contributed by atoms with Crippen LogP contribution in [0.25, 0.3) is 0 Å². The molecule has 3 nitrogen and oxygen atoms in total. The van der Waals surface area contributed by atoms with Gasteiger partial charge < -0.3 is 10.1 Å². The molecule has 0 unspecified atom stereocenters. The zero-order valence-corrected chi connectivity index (χ0v) is 12.2. The number of rotatable bonds is 2. The van der Waals surface area contributed by atoms with Gasteiger partial charge in [-0.25, -0.2) is 9.18 Å². The van der Waals surface area contributed by atoms with Gasteiger partial charge in [-0.15, -0.1) is 0 Å². The molecule has 1 N–H and O–H groups in total. The first-order chi connectivity index (χ1) is 7.78. The van der Waals surface area contributed by atoms with E-state index < -0.39 is 11.7 Å². The molecule has 0 atom stereocenters. The van der Waals surface area contributed by atoms with Crippen molar-refractivity contribution in [1.82, 2.24) is 5.32 Å². The van der Waals surface area contributed by atoms with E-state index in [0.717, 1.165) is 3.57 Å². The van der Waals surface area contributed by atoms with Crippen LogP contribution in [0.1, 0.15) is 26.3 Å². The normalized spacial score (nSPS) is 11.1. The molecular weight excluding hydrogens is 336 g/mol. The van der Waals surface area contributed by atoms with Gasteiger partial charge in [0.2, 0.25) is 0 Å². The van der Waals surface area contributed by atoms with Crippen molar-refractivity contribution < 1.29 is 13.9 Å². The maximum Gasteiger partial charge on any atom is 0.407 e. The van der Waals surface area contributed by atoms with Gasteiger partial charge in [-0.3, -0.25) is 0 Å². The number of alkyl carbamates (subject to hydrolysis) is 1. The van der Waals surface area contributed by atoms with Crippen molar-refractivity contribution in [2.45, 2.75) is 32.9 Å². The highest BCUT2D eigenvalue weighted by Crippen LogP contribution is 2.13. The fourth-order valence-electron chi connectivity index (χ4n) is 1.16. The monoisotopic (exact) mass is 351 g/mol. The van der Waals surface area contributed by atoms with Gasteiger partial charge in [0.15, 0.2) is 0 Å². The lowest BCUT2D eigenvalue weighted by Crippen LogP contribution is -2.32. The number of carbonyl (C=O) groups excluding carboxylic acids is 1. The van der Waals surface area contributed by atoms with Crippen LogP contribution in [0.15, 0.2) is 18.2 Å². The number of halogens is 2. The second-order valence-electron chi connectivity index (χ2n) is 4.59. The molecule has 5 heteroatoms. The van der Waals surface area contributed by atoms with Crippen LogP contribution < -0.4 is 5.32 Å². The predicted molar refractivity (Wildman–Crippen MR) is 72.2 cm³/mol. The van der Waals surface area contributed by atoms with E-state index >= 15 is 0 Å². The van der Waals surface area contributed by atoms with Crippen molar-refractivity contribution in [3.63, 3.8) is 0 Å².